The lowest BCUT2D eigenvalue weighted by Crippen LogP contribution is -2.22. The monoisotopic (exact) mass is 277 g/mol. The molecule has 0 fully saturated rings. The summed E-state index contributed by atoms with van der Waals surface area (Å²) in [6, 6.07) is 4.62. The number of hydrogen-bond acceptors (Lipinski definition) is 5. The van der Waals surface area contributed by atoms with Gasteiger partial charge in [0.1, 0.15) is 10.7 Å². The predicted molar refractivity (Wildman–Crippen MR) is 69.2 cm³/mol. The molecule has 0 aliphatic heterocycles. The molecule has 2 aromatic rings. The molecule has 0 aliphatic carbocycles. The molecule has 2 aromatic heterocycles. The molecule has 19 heavy (non-hydrogen) atoms. The first-order valence-corrected chi connectivity index (χ1v) is 6.28. The molecular weight excluding hydrogens is 266 g/mol. The van der Waals surface area contributed by atoms with Crippen molar-refractivity contribution >= 4 is 23.2 Å². The van der Waals surface area contributed by atoms with E-state index >= 15 is 0 Å². The summed E-state index contributed by atoms with van der Waals surface area (Å²) in [4.78, 5) is 31.1. The molecule has 0 atom stereocenters. The fourth-order valence-corrected chi connectivity index (χ4v) is 2.20. The minimum Gasteiger partial charge on any atom is -0.477 e. The second-order valence-electron chi connectivity index (χ2n) is 3.75. The summed E-state index contributed by atoms with van der Waals surface area (Å²) in [5.41, 5.74) is 0.705. The second kappa shape index (κ2) is 5.57. The van der Waals surface area contributed by atoms with Gasteiger partial charge >= 0.3 is 5.97 Å². The molecular formula is C12H11N3O3S. The van der Waals surface area contributed by atoms with Crippen molar-refractivity contribution in [1.29, 1.82) is 0 Å². The van der Waals surface area contributed by atoms with Gasteiger partial charge in [-0.1, -0.05) is 0 Å². The number of carboxylic acids is 1. The van der Waals surface area contributed by atoms with Gasteiger partial charge in [0.15, 0.2) is 0 Å². The van der Waals surface area contributed by atoms with E-state index in [0.29, 0.717) is 16.4 Å². The maximum Gasteiger partial charge on any atom is 0.345 e. The van der Waals surface area contributed by atoms with E-state index in [2.05, 4.69) is 15.3 Å². The Bertz CT molecular complexity index is 624. The van der Waals surface area contributed by atoms with Crippen LogP contribution in [0.25, 0.3) is 0 Å². The summed E-state index contributed by atoms with van der Waals surface area (Å²) in [6.45, 7) is 2.05. The number of nitrogens with one attached hydrogen (secondary N) is 1. The first-order chi connectivity index (χ1) is 9.06. The Kier molecular flexibility index (Phi) is 3.86. The van der Waals surface area contributed by atoms with Crippen molar-refractivity contribution in [3.05, 3.63) is 45.7 Å². The van der Waals surface area contributed by atoms with Gasteiger partial charge in [0, 0.05) is 6.20 Å². The molecule has 7 heteroatoms. The third kappa shape index (κ3) is 3.35. The average molecular weight is 277 g/mol. The van der Waals surface area contributed by atoms with Crippen LogP contribution in [0.2, 0.25) is 0 Å². The van der Waals surface area contributed by atoms with E-state index in [1.807, 2.05) is 0 Å². The van der Waals surface area contributed by atoms with E-state index < -0.39 is 5.97 Å². The lowest BCUT2D eigenvalue weighted by molar-refractivity contribution is 0.0702. The first-order valence-electron chi connectivity index (χ1n) is 5.46. The SMILES string of the molecule is Cc1nccc(CNC(=O)c2ccc(C(=O)O)s2)n1. The number of hydrogen-bond donors (Lipinski definition) is 2. The van der Waals surface area contributed by atoms with Gasteiger partial charge in [0.2, 0.25) is 0 Å². The number of rotatable bonds is 4. The summed E-state index contributed by atoms with van der Waals surface area (Å²) in [5.74, 6) is -0.708. The van der Waals surface area contributed by atoms with Crippen LogP contribution in [-0.2, 0) is 6.54 Å². The molecule has 1 amide bonds. The van der Waals surface area contributed by atoms with Crippen LogP contribution in [-0.4, -0.2) is 27.0 Å². The Morgan fingerprint density at radius 1 is 1.32 bits per heavy atom. The highest BCUT2D eigenvalue weighted by Crippen LogP contribution is 2.16. The van der Waals surface area contributed by atoms with Gasteiger partial charge < -0.3 is 10.4 Å². The number of aromatic nitrogens is 2. The minimum atomic E-state index is -1.03. The van der Waals surface area contributed by atoms with Gasteiger partial charge in [-0.05, 0) is 25.1 Å². The van der Waals surface area contributed by atoms with Crippen molar-refractivity contribution < 1.29 is 14.7 Å². The Morgan fingerprint density at radius 3 is 2.68 bits per heavy atom. The molecule has 0 radical (unpaired) electrons. The maximum atomic E-state index is 11.8. The summed E-state index contributed by atoms with van der Waals surface area (Å²) >= 11 is 0.943. The number of thiophene rings is 1. The van der Waals surface area contributed by atoms with Crippen LogP contribution in [0.15, 0.2) is 24.4 Å². The van der Waals surface area contributed by atoms with Crippen molar-refractivity contribution in [2.45, 2.75) is 13.5 Å². The molecule has 98 valence electrons. The average Bonchev–Trinajstić information content (AvgIpc) is 2.86. The summed E-state index contributed by atoms with van der Waals surface area (Å²) < 4.78 is 0. The molecule has 0 saturated carbocycles. The molecule has 0 saturated heterocycles. The van der Waals surface area contributed by atoms with Gasteiger partial charge in [-0.3, -0.25) is 4.79 Å². The van der Waals surface area contributed by atoms with Gasteiger partial charge in [0.25, 0.3) is 5.91 Å². The maximum absolute atomic E-state index is 11.8. The number of nitrogens with zero attached hydrogens (tertiary/aromatic N) is 2. The molecule has 2 heterocycles. The predicted octanol–water partition coefficient (Wildman–Crippen LogP) is 1.47. The van der Waals surface area contributed by atoms with Gasteiger partial charge in [0.05, 0.1) is 17.1 Å². The zero-order valence-electron chi connectivity index (χ0n) is 10.1. The molecule has 0 bridgehead atoms. The third-order valence-corrected chi connectivity index (χ3v) is 3.38. The zero-order chi connectivity index (χ0) is 13.8. The van der Waals surface area contributed by atoms with Crippen LogP contribution >= 0.6 is 11.3 Å². The number of carbonyl (C=O) groups excluding carboxylic acids is 1. The fourth-order valence-electron chi connectivity index (χ4n) is 1.44. The van der Waals surface area contributed by atoms with Crippen molar-refractivity contribution in [3.63, 3.8) is 0 Å². The van der Waals surface area contributed by atoms with Gasteiger partial charge in [-0.2, -0.15) is 0 Å². The molecule has 0 unspecified atom stereocenters. The Balaban J connectivity index is 1.99. The van der Waals surface area contributed by atoms with E-state index in [9.17, 15) is 9.59 Å². The quantitative estimate of drug-likeness (QED) is 0.883. The number of aryl methyl sites for hydroxylation is 1. The van der Waals surface area contributed by atoms with Crippen molar-refractivity contribution in [2.24, 2.45) is 0 Å². The van der Waals surface area contributed by atoms with Crippen LogP contribution in [0.3, 0.4) is 0 Å². The fraction of sp³-hybridized carbons (Fsp3) is 0.167. The van der Waals surface area contributed by atoms with E-state index in [-0.39, 0.29) is 17.3 Å². The molecule has 2 N–H and O–H groups in total. The molecule has 2 rings (SSSR count). The van der Waals surface area contributed by atoms with Crippen LogP contribution in [0, 0.1) is 6.92 Å². The van der Waals surface area contributed by atoms with Gasteiger partial charge in [-0.25, -0.2) is 14.8 Å². The van der Waals surface area contributed by atoms with Crippen molar-refractivity contribution in [2.75, 3.05) is 0 Å². The van der Waals surface area contributed by atoms with Crippen molar-refractivity contribution in [1.82, 2.24) is 15.3 Å². The largest absolute Gasteiger partial charge is 0.477 e. The summed E-state index contributed by atoms with van der Waals surface area (Å²) in [7, 11) is 0. The summed E-state index contributed by atoms with van der Waals surface area (Å²) in [6.07, 6.45) is 1.62. The van der Waals surface area contributed by atoms with E-state index in [4.69, 9.17) is 5.11 Å². The number of aromatic carboxylic acids is 1. The van der Waals surface area contributed by atoms with E-state index in [1.165, 1.54) is 12.1 Å². The summed E-state index contributed by atoms with van der Waals surface area (Å²) in [5, 5.41) is 11.5. The standard InChI is InChI=1S/C12H11N3O3S/c1-7-13-5-4-8(15-7)6-14-11(16)9-2-3-10(19-9)12(17)18/h2-5H,6H2,1H3,(H,14,16)(H,17,18). The Hall–Kier alpha value is -2.28. The lowest BCUT2D eigenvalue weighted by Gasteiger charge is -2.03. The highest BCUT2D eigenvalue weighted by molar-refractivity contribution is 7.15. The number of amides is 1. The van der Waals surface area contributed by atoms with Crippen LogP contribution in [0.5, 0.6) is 0 Å². The molecule has 6 nitrogen and oxygen atoms in total. The third-order valence-electron chi connectivity index (χ3n) is 2.30. The van der Waals surface area contributed by atoms with E-state index in [0.717, 1.165) is 11.3 Å². The normalized spacial score (nSPS) is 10.2. The second-order valence-corrected chi connectivity index (χ2v) is 4.83. The van der Waals surface area contributed by atoms with Crippen LogP contribution in [0.4, 0.5) is 0 Å². The van der Waals surface area contributed by atoms with Crippen LogP contribution < -0.4 is 5.32 Å². The molecule has 0 aliphatic rings. The number of carboxylic acid groups (broad SMARTS) is 1. The van der Waals surface area contributed by atoms with Crippen molar-refractivity contribution in [3.8, 4) is 0 Å². The molecule has 0 aromatic carbocycles. The minimum absolute atomic E-state index is 0.142. The topological polar surface area (TPSA) is 92.2 Å². The lowest BCUT2D eigenvalue weighted by atomic mass is 10.3. The Labute approximate surface area is 113 Å². The van der Waals surface area contributed by atoms with Gasteiger partial charge in [-0.15, -0.1) is 11.3 Å². The molecule has 0 spiro atoms. The first kappa shape index (κ1) is 13.2. The highest BCUT2D eigenvalue weighted by atomic mass is 32.1. The Morgan fingerprint density at radius 2 is 2.05 bits per heavy atom. The highest BCUT2D eigenvalue weighted by Gasteiger charge is 2.12. The van der Waals surface area contributed by atoms with Crippen LogP contribution in [0.1, 0.15) is 30.9 Å². The smallest absolute Gasteiger partial charge is 0.345 e. The zero-order valence-corrected chi connectivity index (χ0v) is 10.9. The van der Waals surface area contributed by atoms with E-state index in [1.54, 1.807) is 19.2 Å². The number of carbonyl (C=O) groups is 2.